The summed E-state index contributed by atoms with van der Waals surface area (Å²) in [6.07, 6.45) is 0. The Kier molecular flexibility index (Phi) is 4.56. The van der Waals surface area contributed by atoms with Gasteiger partial charge in [-0.3, -0.25) is 4.79 Å². The van der Waals surface area contributed by atoms with Crippen LogP contribution < -0.4 is 4.74 Å². The lowest BCUT2D eigenvalue weighted by Crippen LogP contribution is -2.21. The Morgan fingerprint density at radius 1 is 0.900 bits per heavy atom. The van der Waals surface area contributed by atoms with E-state index in [1.165, 1.54) is 0 Å². The third-order valence-corrected chi connectivity index (χ3v) is 5.18. The Morgan fingerprint density at radius 3 is 2.17 bits per heavy atom. The molecule has 5 heteroatoms. The van der Waals surface area contributed by atoms with Crippen molar-refractivity contribution in [3.05, 3.63) is 101 Å². The standard InChI is InChI=1S/C25H19NO4/c1-16-20(26-24(29-16)17-9-3-2-4-10-17)15-28-25(27)23-18-11-5-7-13-21(18)30-22-14-8-6-12-19(22)23/h2-14,23H,15H2,1H3. The maximum Gasteiger partial charge on any atom is 0.318 e. The first kappa shape index (κ1) is 18.2. The smallest absolute Gasteiger partial charge is 0.318 e. The molecule has 0 unspecified atom stereocenters. The van der Waals surface area contributed by atoms with Crippen molar-refractivity contribution in [2.24, 2.45) is 0 Å². The normalized spacial score (nSPS) is 12.6. The Hall–Kier alpha value is -3.86. The molecule has 0 atom stereocenters. The van der Waals surface area contributed by atoms with Gasteiger partial charge in [0.2, 0.25) is 5.89 Å². The predicted octanol–water partition coefficient (Wildman–Crippen LogP) is 5.63. The van der Waals surface area contributed by atoms with Gasteiger partial charge in [0.15, 0.2) is 0 Å². The number of ether oxygens (including phenoxy) is 2. The molecule has 0 saturated heterocycles. The number of para-hydroxylation sites is 2. The molecule has 0 fully saturated rings. The van der Waals surface area contributed by atoms with E-state index in [1.807, 2.05) is 85.8 Å². The molecular weight excluding hydrogens is 378 g/mol. The van der Waals surface area contributed by atoms with E-state index in [9.17, 15) is 4.79 Å². The van der Waals surface area contributed by atoms with Crippen molar-refractivity contribution in [2.75, 3.05) is 0 Å². The van der Waals surface area contributed by atoms with Crippen molar-refractivity contribution < 1.29 is 18.7 Å². The quantitative estimate of drug-likeness (QED) is 0.418. The van der Waals surface area contributed by atoms with E-state index in [0.29, 0.717) is 28.8 Å². The molecule has 0 radical (unpaired) electrons. The summed E-state index contributed by atoms with van der Waals surface area (Å²) in [6, 6.07) is 24.7. The zero-order valence-electron chi connectivity index (χ0n) is 16.4. The first-order valence-corrected chi connectivity index (χ1v) is 9.75. The molecular formula is C25H19NO4. The summed E-state index contributed by atoms with van der Waals surface area (Å²) in [4.78, 5) is 17.7. The van der Waals surface area contributed by atoms with Gasteiger partial charge < -0.3 is 13.9 Å². The van der Waals surface area contributed by atoms with Crippen molar-refractivity contribution in [1.29, 1.82) is 0 Å². The van der Waals surface area contributed by atoms with E-state index in [4.69, 9.17) is 13.9 Å². The molecule has 3 aromatic carbocycles. The number of hydrogen-bond acceptors (Lipinski definition) is 5. The van der Waals surface area contributed by atoms with Crippen molar-refractivity contribution in [3.63, 3.8) is 0 Å². The van der Waals surface area contributed by atoms with E-state index < -0.39 is 5.92 Å². The molecule has 30 heavy (non-hydrogen) atoms. The highest BCUT2D eigenvalue weighted by Gasteiger charge is 2.33. The molecule has 148 valence electrons. The molecule has 0 spiro atoms. The van der Waals surface area contributed by atoms with Crippen LogP contribution in [0.3, 0.4) is 0 Å². The number of nitrogens with zero attached hydrogens (tertiary/aromatic N) is 1. The van der Waals surface area contributed by atoms with Gasteiger partial charge in [-0.25, -0.2) is 4.98 Å². The second kappa shape index (κ2) is 7.52. The van der Waals surface area contributed by atoms with Crippen LogP contribution in [0.4, 0.5) is 0 Å². The van der Waals surface area contributed by atoms with Crippen molar-refractivity contribution in [1.82, 2.24) is 4.98 Å². The van der Waals surface area contributed by atoms with Crippen LogP contribution in [0.5, 0.6) is 11.5 Å². The summed E-state index contributed by atoms with van der Waals surface area (Å²) in [5.41, 5.74) is 3.08. The van der Waals surface area contributed by atoms with Gasteiger partial charge in [-0.15, -0.1) is 0 Å². The van der Waals surface area contributed by atoms with Crippen LogP contribution in [0, 0.1) is 6.92 Å². The van der Waals surface area contributed by atoms with Crippen LogP contribution in [-0.4, -0.2) is 11.0 Å². The lowest BCUT2D eigenvalue weighted by atomic mass is 9.88. The summed E-state index contributed by atoms with van der Waals surface area (Å²) < 4.78 is 17.4. The van der Waals surface area contributed by atoms with E-state index >= 15 is 0 Å². The summed E-state index contributed by atoms with van der Waals surface area (Å²) in [7, 11) is 0. The van der Waals surface area contributed by atoms with Gasteiger partial charge in [0.25, 0.3) is 0 Å². The molecule has 1 aliphatic heterocycles. The minimum atomic E-state index is -0.549. The van der Waals surface area contributed by atoms with Crippen LogP contribution in [-0.2, 0) is 16.1 Å². The molecule has 4 aromatic rings. The summed E-state index contributed by atoms with van der Waals surface area (Å²) in [5, 5.41) is 0. The second-order valence-electron chi connectivity index (χ2n) is 7.11. The third-order valence-electron chi connectivity index (χ3n) is 5.18. The minimum Gasteiger partial charge on any atom is -0.458 e. The fourth-order valence-electron chi connectivity index (χ4n) is 3.65. The topological polar surface area (TPSA) is 61.6 Å². The SMILES string of the molecule is Cc1oc(-c2ccccc2)nc1COC(=O)C1c2ccccc2Oc2ccccc21. The first-order valence-electron chi connectivity index (χ1n) is 9.75. The number of fused-ring (bicyclic) bond motifs is 2. The highest BCUT2D eigenvalue weighted by molar-refractivity contribution is 5.85. The van der Waals surface area contributed by atoms with Crippen LogP contribution in [0.15, 0.2) is 83.3 Å². The number of esters is 1. The molecule has 1 aromatic heterocycles. The Balaban J connectivity index is 1.40. The Bertz CT molecular complexity index is 1170. The Morgan fingerprint density at radius 2 is 1.50 bits per heavy atom. The summed E-state index contributed by atoms with van der Waals surface area (Å²) in [6.45, 7) is 1.87. The monoisotopic (exact) mass is 397 g/mol. The largest absolute Gasteiger partial charge is 0.458 e. The van der Waals surface area contributed by atoms with Crippen molar-refractivity contribution in [3.8, 4) is 23.0 Å². The molecule has 0 amide bonds. The van der Waals surface area contributed by atoms with Gasteiger partial charge in [-0.2, -0.15) is 0 Å². The third kappa shape index (κ3) is 3.24. The molecule has 0 N–H and O–H groups in total. The molecule has 5 nitrogen and oxygen atoms in total. The van der Waals surface area contributed by atoms with Gasteiger partial charge >= 0.3 is 5.97 Å². The van der Waals surface area contributed by atoms with Crippen molar-refractivity contribution in [2.45, 2.75) is 19.4 Å². The molecule has 0 saturated carbocycles. The Labute approximate surface area is 173 Å². The van der Waals surface area contributed by atoms with Crippen LogP contribution in [0.1, 0.15) is 28.5 Å². The van der Waals surface area contributed by atoms with Gasteiger partial charge in [0, 0.05) is 16.7 Å². The summed E-state index contributed by atoms with van der Waals surface area (Å²) in [5.74, 6) is 1.59. The highest BCUT2D eigenvalue weighted by Crippen LogP contribution is 2.44. The van der Waals surface area contributed by atoms with Crippen molar-refractivity contribution >= 4 is 5.97 Å². The highest BCUT2D eigenvalue weighted by atomic mass is 16.5. The van der Waals surface area contributed by atoms with Gasteiger partial charge in [0.05, 0.1) is 0 Å². The maximum absolute atomic E-state index is 13.1. The molecule has 1 aliphatic rings. The van der Waals surface area contributed by atoms with E-state index in [-0.39, 0.29) is 12.6 Å². The number of oxazole rings is 1. The second-order valence-corrected chi connectivity index (χ2v) is 7.11. The fraction of sp³-hybridized carbons (Fsp3) is 0.120. The first-order chi connectivity index (χ1) is 14.7. The van der Waals surface area contributed by atoms with Crippen LogP contribution in [0.2, 0.25) is 0 Å². The number of benzene rings is 3. The number of carbonyl (C=O) groups is 1. The lowest BCUT2D eigenvalue weighted by Gasteiger charge is -2.26. The zero-order valence-corrected chi connectivity index (χ0v) is 16.4. The molecule has 0 aliphatic carbocycles. The molecule has 5 rings (SSSR count). The average Bonchev–Trinajstić information content (AvgIpc) is 3.17. The van der Waals surface area contributed by atoms with Gasteiger partial charge in [0.1, 0.15) is 35.5 Å². The molecule has 0 bridgehead atoms. The lowest BCUT2D eigenvalue weighted by molar-refractivity contribution is -0.146. The maximum atomic E-state index is 13.1. The molecule has 2 heterocycles. The fourth-order valence-corrected chi connectivity index (χ4v) is 3.65. The average molecular weight is 397 g/mol. The number of aromatic nitrogens is 1. The minimum absolute atomic E-state index is 0.0443. The van der Waals surface area contributed by atoms with E-state index in [0.717, 1.165) is 16.7 Å². The zero-order chi connectivity index (χ0) is 20.5. The number of aryl methyl sites for hydroxylation is 1. The van der Waals surface area contributed by atoms with Gasteiger partial charge in [-0.05, 0) is 31.2 Å². The van der Waals surface area contributed by atoms with Gasteiger partial charge in [-0.1, -0.05) is 54.6 Å². The number of rotatable bonds is 4. The van der Waals surface area contributed by atoms with E-state index in [1.54, 1.807) is 0 Å². The van der Waals surface area contributed by atoms with Crippen LogP contribution in [0.25, 0.3) is 11.5 Å². The summed E-state index contributed by atoms with van der Waals surface area (Å²) >= 11 is 0. The predicted molar refractivity (Wildman–Crippen MR) is 111 cm³/mol. The van der Waals surface area contributed by atoms with Crippen LogP contribution >= 0.6 is 0 Å². The van der Waals surface area contributed by atoms with E-state index in [2.05, 4.69) is 4.98 Å². The number of hydrogen-bond donors (Lipinski definition) is 0. The number of carbonyl (C=O) groups excluding carboxylic acids is 1.